The molecule has 2 aromatic rings. The fourth-order valence-electron chi connectivity index (χ4n) is 3.45. The van der Waals surface area contributed by atoms with Crippen LogP contribution in [0.3, 0.4) is 0 Å². The van der Waals surface area contributed by atoms with Crippen LogP contribution in [-0.2, 0) is 12.8 Å². The number of nitrogens with one attached hydrogen (secondary N) is 1. The van der Waals surface area contributed by atoms with Crippen molar-refractivity contribution in [2.24, 2.45) is 0 Å². The molecule has 126 valence electrons. The summed E-state index contributed by atoms with van der Waals surface area (Å²) in [4.78, 5) is 0. The number of ether oxygens (including phenoxy) is 4. The van der Waals surface area contributed by atoms with Gasteiger partial charge in [0.05, 0.1) is 14.2 Å². The molecule has 5 heteroatoms. The van der Waals surface area contributed by atoms with Crippen molar-refractivity contribution in [3.8, 4) is 23.0 Å². The summed E-state index contributed by atoms with van der Waals surface area (Å²) in [5.41, 5.74) is 3.81. The highest BCUT2D eigenvalue weighted by atomic mass is 16.7. The highest BCUT2D eigenvalue weighted by Crippen LogP contribution is 2.38. The molecule has 0 fully saturated rings. The first-order chi connectivity index (χ1) is 11.8. The lowest BCUT2D eigenvalue weighted by atomic mass is 9.89. The van der Waals surface area contributed by atoms with Crippen LogP contribution in [0.4, 0.5) is 0 Å². The molecule has 2 aromatic carbocycles. The summed E-state index contributed by atoms with van der Waals surface area (Å²) >= 11 is 0. The zero-order chi connectivity index (χ0) is 16.5. The van der Waals surface area contributed by atoms with E-state index in [2.05, 4.69) is 29.6 Å². The largest absolute Gasteiger partial charge is 0.493 e. The van der Waals surface area contributed by atoms with E-state index in [0.717, 1.165) is 42.4 Å². The highest BCUT2D eigenvalue weighted by molar-refractivity contribution is 5.50. The number of benzene rings is 2. The van der Waals surface area contributed by atoms with Crippen molar-refractivity contribution < 1.29 is 18.9 Å². The molecule has 0 unspecified atom stereocenters. The molecular formula is C19H21NO4. The maximum atomic E-state index is 5.49. The summed E-state index contributed by atoms with van der Waals surface area (Å²) in [6, 6.07) is 10.6. The molecule has 0 saturated carbocycles. The molecule has 4 rings (SSSR count). The van der Waals surface area contributed by atoms with Gasteiger partial charge in [-0.25, -0.2) is 0 Å². The molecule has 0 spiro atoms. The van der Waals surface area contributed by atoms with Crippen LogP contribution in [0.25, 0.3) is 0 Å². The molecule has 2 heterocycles. The molecule has 5 nitrogen and oxygen atoms in total. The van der Waals surface area contributed by atoms with Gasteiger partial charge in [-0.2, -0.15) is 0 Å². The van der Waals surface area contributed by atoms with Gasteiger partial charge in [0, 0.05) is 6.04 Å². The Morgan fingerprint density at radius 1 is 1.04 bits per heavy atom. The van der Waals surface area contributed by atoms with Crippen LogP contribution in [0.5, 0.6) is 23.0 Å². The minimum atomic E-state index is 0.244. The summed E-state index contributed by atoms with van der Waals surface area (Å²) in [5.74, 6) is 3.22. The van der Waals surface area contributed by atoms with Gasteiger partial charge in [-0.3, -0.25) is 0 Å². The lowest BCUT2D eigenvalue weighted by Crippen LogP contribution is -2.31. The van der Waals surface area contributed by atoms with Gasteiger partial charge in [-0.05, 0) is 60.3 Å². The number of fused-ring (bicyclic) bond motifs is 2. The van der Waals surface area contributed by atoms with Crippen LogP contribution in [0.2, 0.25) is 0 Å². The maximum absolute atomic E-state index is 5.49. The van der Waals surface area contributed by atoms with E-state index in [-0.39, 0.29) is 6.04 Å². The molecule has 1 atom stereocenters. The zero-order valence-corrected chi connectivity index (χ0v) is 13.9. The lowest BCUT2D eigenvalue weighted by Gasteiger charge is -2.28. The second-order valence-electron chi connectivity index (χ2n) is 6.05. The van der Waals surface area contributed by atoms with Crippen molar-refractivity contribution >= 4 is 0 Å². The van der Waals surface area contributed by atoms with Gasteiger partial charge in [-0.15, -0.1) is 0 Å². The smallest absolute Gasteiger partial charge is 0.231 e. The first-order valence-corrected chi connectivity index (χ1v) is 8.15. The predicted octanol–water partition coefficient (Wildman–Crippen LogP) is 2.86. The number of hydrogen-bond donors (Lipinski definition) is 1. The molecule has 0 amide bonds. The minimum absolute atomic E-state index is 0.244. The monoisotopic (exact) mass is 327 g/mol. The predicted molar refractivity (Wildman–Crippen MR) is 90.3 cm³/mol. The van der Waals surface area contributed by atoms with Crippen LogP contribution in [0.15, 0.2) is 30.3 Å². The maximum Gasteiger partial charge on any atom is 0.231 e. The van der Waals surface area contributed by atoms with Crippen molar-refractivity contribution in [1.29, 1.82) is 0 Å². The summed E-state index contributed by atoms with van der Waals surface area (Å²) < 4.78 is 21.8. The molecule has 0 saturated heterocycles. The third-order valence-electron chi connectivity index (χ3n) is 4.68. The molecule has 2 aliphatic heterocycles. The van der Waals surface area contributed by atoms with Crippen LogP contribution >= 0.6 is 0 Å². The molecule has 2 aliphatic rings. The van der Waals surface area contributed by atoms with Crippen LogP contribution in [-0.4, -0.2) is 27.6 Å². The van der Waals surface area contributed by atoms with Gasteiger partial charge in [0.1, 0.15) is 0 Å². The topological polar surface area (TPSA) is 49.0 Å². The molecular weight excluding hydrogens is 306 g/mol. The third kappa shape index (κ3) is 2.65. The average molecular weight is 327 g/mol. The Morgan fingerprint density at radius 3 is 2.67 bits per heavy atom. The Morgan fingerprint density at radius 2 is 1.83 bits per heavy atom. The summed E-state index contributed by atoms with van der Waals surface area (Å²) in [6.45, 7) is 1.26. The second kappa shape index (κ2) is 6.24. The van der Waals surface area contributed by atoms with Crippen molar-refractivity contribution in [1.82, 2.24) is 5.32 Å². The Labute approximate surface area is 141 Å². The quantitative estimate of drug-likeness (QED) is 0.936. The normalized spacial score (nSPS) is 18.2. The van der Waals surface area contributed by atoms with E-state index in [1.807, 2.05) is 6.07 Å². The number of methoxy groups -OCH3 is 2. The van der Waals surface area contributed by atoms with E-state index in [9.17, 15) is 0 Å². The minimum Gasteiger partial charge on any atom is -0.493 e. The standard InChI is InChI=1S/C19H21NO4/c1-21-17-9-13-5-6-20-15(14(13)10-18(17)22-2)7-12-3-4-16-19(8-12)24-11-23-16/h3-4,8-10,15,20H,5-7,11H2,1-2H3/t15-/m1/s1. The molecule has 24 heavy (non-hydrogen) atoms. The van der Waals surface area contributed by atoms with Gasteiger partial charge in [0.2, 0.25) is 6.79 Å². The molecule has 0 bridgehead atoms. The van der Waals surface area contributed by atoms with Crippen LogP contribution in [0, 0.1) is 0 Å². The van der Waals surface area contributed by atoms with Gasteiger partial charge >= 0.3 is 0 Å². The third-order valence-corrected chi connectivity index (χ3v) is 4.68. The second-order valence-corrected chi connectivity index (χ2v) is 6.05. The first-order valence-electron chi connectivity index (χ1n) is 8.15. The summed E-state index contributed by atoms with van der Waals surface area (Å²) in [5, 5.41) is 3.61. The average Bonchev–Trinajstić information content (AvgIpc) is 3.08. The van der Waals surface area contributed by atoms with E-state index in [1.165, 1.54) is 16.7 Å². The molecule has 0 radical (unpaired) electrons. The molecule has 0 aliphatic carbocycles. The van der Waals surface area contributed by atoms with Crippen molar-refractivity contribution in [2.45, 2.75) is 18.9 Å². The number of hydrogen-bond acceptors (Lipinski definition) is 5. The van der Waals surface area contributed by atoms with E-state index in [1.54, 1.807) is 14.2 Å². The van der Waals surface area contributed by atoms with Gasteiger partial charge < -0.3 is 24.3 Å². The van der Waals surface area contributed by atoms with E-state index < -0.39 is 0 Å². The van der Waals surface area contributed by atoms with Gasteiger partial charge in [0.15, 0.2) is 23.0 Å². The summed E-state index contributed by atoms with van der Waals surface area (Å²) in [7, 11) is 3.35. The van der Waals surface area contributed by atoms with Crippen molar-refractivity contribution in [2.75, 3.05) is 27.6 Å². The molecule has 1 N–H and O–H groups in total. The van der Waals surface area contributed by atoms with Gasteiger partial charge in [0.25, 0.3) is 0 Å². The van der Waals surface area contributed by atoms with E-state index >= 15 is 0 Å². The lowest BCUT2D eigenvalue weighted by molar-refractivity contribution is 0.174. The Kier molecular flexibility index (Phi) is 3.94. The fourth-order valence-corrected chi connectivity index (χ4v) is 3.45. The highest BCUT2D eigenvalue weighted by Gasteiger charge is 2.23. The zero-order valence-electron chi connectivity index (χ0n) is 13.9. The summed E-state index contributed by atoms with van der Waals surface area (Å²) in [6.07, 6.45) is 1.88. The first kappa shape index (κ1) is 15.1. The van der Waals surface area contributed by atoms with Crippen molar-refractivity contribution in [3.05, 3.63) is 47.0 Å². The van der Waals surface area contributed by atoms with E-state index in [0.29, 0.717) is 6.79 Å². The van der Waals surface area contributed by atoms with Crippen molar-refractivity contribution in [3.63, 3.8) is 0 Å². The molecule has 0 aromatic heterocycles. The van der Waals surface area contributed by atoms with E-state index in [4.69, 9.17) is 18.9 Å². The fraction of sp³-hybridized carbons (Fsp3) is 0.368. The Balaban J connectivity index is 1.64. The van der Waals surface area contributed by atoms with Crippen LogP contribution < -0.4 is 24.3 Å². The van der Waals surface area contributed by atoms with Crippen LogP contribution in [0.1, 0.15) is 22.7 Å². The Bertz CT molecular complexity index is 759. The number of rotatable bonds is 4. The van der Waals surface area contributed by atoms with Gasteiger partial charge in [-0.1, -0.05) is 6.07 Å². The SMILES string of the molecule is COc1cc2c(cc1OC)[C@@H](Cc1ccc3c(c1)OCO3)NCC2. The Hall–Kier alpha value is -2.40.